The van der Waals surface area contributed by atoms with E-state index in [1.807, 2.05) is 25.7 Å². The van der Waals surface area contributed by atoms with Crippen LogP contribution in [0.3, 0.4) is 0 Å². The van der Waals surface area contributed by atoms with Crippen molar-refractivity contribution >= 4 is 6.09 Å². The van der Waals surface area contributed by atoms with Gasteiger partial charge in [-0.25, -0.2) is 4.79 Å². The van der Waals surface area contributed by atoms with E-state index in [1.165, 1.54) is 0 Å². The minimum absolute atomic E-state index is 0.154. The predicted octanol–water partition coefficient (Wildman–Crippen LogP) is 1.71. The van der Waals surface area contributed by atoms with Crippen LogP contribution in [0.5, 0.6) is 0 Å². The third-order valence-electron chi connectivity index (χ3n) is 3.75. The molecule has 2 aliphatic heterocycles. The van der Waals surface area contributed by atoms with Gasteiger partial charge in [-0.2, -0.15) is 0 Å². The van der Waals surface area contributed by atoms with E-state index >= 15 is 0 Å². The molecule has 2 aliphatic rings. The number of fused-ring (bicyclic) bond motifs is 1. The molecule has 3 atom stereocenters. The SMILES string of the molecule is C[C@H]1CNC[C@H]2CN(C(=O)OC(C)(C)C)C[C@H]21. The maximum absolute atomic E-state index is 12.0. The first kappa shape index (κ1) is 12.7. The van der Waals surface area contributed by atoms with Crippen LogP contribution in [0.25, 0.3) is 0 Å². The topological polar surface area (TPSA) is 41.6 Å². The molecule has 2 rings (SSSR count). The molecule has 0 saturated carbocycles. The van der Waals surface area contributed by atoms with Gasteiger partial charge in [-0.15, -0.1) is 0 Å². The average Bonchev–Trinajstić information content (AvgIpc) is 2.60. The van der Waals surface area contributed by atoms with Gasteiger partial charge in [-0.05, 0) is 51.6 Å². The molecule has 0 radical (unpaired) electrons. The summed E-state index contributed by atoms with van der Waals surface area (Å²) in [6, 6.07) is 0. The number of likely N-dealkylation sites (tertiary alicyclic amines) is 1. The van der Waals surface area contributed by atoms with Gasteiger partial charge in [0.2, 0.25) is 0 Å². The van der Waals surface area contributed by atoms with Crippen LogP contribution < -0.4 is 5.32 Å². The Balaban J connectivity index is 1.95. The van der Waals surface area contributed by atoms with E-state index < -0.39 is 5.60 Å². The van der Waals surface area contributed by atoms with E-state index in [0.29, 0.717) is 17.8 Å². The lowest BCUT2D eigenvalue weighted by Gasteiger charge is -2.30. The van der Waals surface area contributed by atoms with Crippen molar-refractivity contribution in [2.45, 2.75) is 33.3 Å². The fourth-order valence-corrected chi connectivity index (χ4v) is 2.88. The zero-order chi connectivity index (χ0) is 12.6. The van der Waals surface area contributed by atoms with Crippen LogP contribution >= 0.6 is 0 Å². The summed E-state index contributed by atoms with van der Waals surface area (Å²) < 4.78 is 5.43. The quantitative estimate of drug-likeness (QED) is 0.701. The third kappa shape index (κ3) is 2.92. The number of hydrogen-bond donors (Lipinski definition) is 1. The number of piperidine rings is 1. The van der Waals surface area contributed by atoms with Crippen LogP contribution in [0, 0.1) is 17.8 Å². The Kier molecular flexibility index (Phi) is 3.34. The van der Waals surface area contributed by atoms with Crippen LogP contribution in [-0.4, -0.2) is 42.8 Å². The second-order valence-electron chi connectivity index (χ2n) is 6.44. The molecule has 98 valence electrons. The van der Waals surface area contributed by atoms with Crippen molar-refractivity contribution in [3.63, 3.8) is 0 Å². The lowest BCUT2D eigenvalue weighted by Crippen LogP contribution is -2.41. The minimum Gasteiger partial charge on any atom is -0.444 e. The zero-order valence-corrected chi connectivity index (χ0v) is 11.3. The molecule has 1 amide bonds. The molecule has 1 N–H and O–H groups in total. The number of carbonyl (C=O) groups is 1. The molecule has 4 nitrogen and oxygen atoms in total. The molecule has 0 aromatic rings. The minimum atomic E-state index is -0.394. The van der Waals surface area contributed by atoms with E-state index in [1.54, 1.807) is 0 Å². The summed E-state index contributed by atoms with van der Waals surface area (Å²) in [6.45, 7) is 11.8. The molecule has 17 heavy (non-hydrogen) atoms. The summed E-state index contributed by atoms with van der Waals surface area (Å²) in [7, 11) is 0. The van der Waals surface area contributed by atoms with Gasteiger partial charge in [0.05, 0.1) is 0 Å². The van der Waals surface area contributed by atoms with Crippen molar-refractivity contribution in [3.8, 4) is 0 Å². The molecule has 0 spiro atoms. The summed E-state index contributed by atoms with van der Waals surface area (Å²) in [5.74, 6) is 1.90. The number of hydrogen-bond acceptors (Lipinski definition) is 3. The second-order valence-corrected chi connectivity index (χ2v) is 6.44. The van der Waals surface area contributed by atoms with Crippen molar-refractivity contribution in [2.75, 3.05) is 26.2 Å². The average molecular weight is 240 g/mol. The lowest BCUT2D eigenvalue weighted by molar-refractivity contribution is 0.0283. The van der Waals surface area contributed by atoms with Crippen LogP contribution in [0.15, 0.2) is 0 Å². The number of ether oxygens (including phenoxy) is 1. The van der Waals surface area contributed by atoms with Gasteiger partial charge in [0.1, 0.15) is 5.60 Å². The molecule has 2 fully saturated rings. The van der Waals surface area contributed by atoms with Crippen LogP contribution in [0.1, 0.15) is 27.7 Å². The molecule has 2 saturated heterocycles. The van der Waals surface area contributed by atoms with E-state index in [4.69, 9.17) is 4.74 Å². The van der Waals surface area contributed by atoms with E-state index in [-0.39, 0.29) is 6.09 Å². The van der Waals surface area contributed by atoms with Gasteiger partial charge >= 0.3 is 6.09 Å². The molecule has 2 heterocycles. The smallest absolute Gasteiger partial charge is 0.410 e. The first-order valence-electron chi connectivity index (χ1n) is 6.55. The molecular weight excluding hydrogens is 216 g/mol. The predicted molar refractivity (Wildman–Crippen MR) is 66.8 cm³/mol. The van der Waals surface area contributed by atoms with Crippen molar-refractivity contribution in [3.05, 3.63) is 0 Å². The number of nitrogens with one attached hydrogen (secondary N) is 1. The normalized spacial score (nSPS) is 33.4. The lowest BCUT2D eigenvalue weighted by atomic mass is 9.82. The maximum atomic E-state index is 12.0. The van der Waals surface area contributed by atoms with Crippen molar-refractivity contribution in [1.29, 1.82) is 0 Å². The Morgan fingerprint density at radius 1 is 1.29 bits per heavy atom. The Hall–Kier alpha value is -0.770. The van der Waals surface area contributed by atoms with Crippen LogP contribution in [0.4, 0.5) is 4.79 Å². The molecular formula is C13H24N2O2. The standard InChI is InChI=1S/C13H24N2O2/c1-9-5-14-6-10-7-15(8-11(9)10)12(16)17-13(2,3)4/h9-11,14H,5-8H2,1-4H3/t9-,10-,11-/m0/s1. The summed E-state index contributed by atoms with van der Waals surface area (Å²) in [5, 5.41) is 3.43. The van der Waals surface area contributed by atoms with Gasteiger partial charge < -0.3 is 15.0 Å². The van der Waals surface area contributed by atoms with E-state index in [2.05, 4.69) is 12.2 Å². The van der Waals surface area contributed by atoms with Gasteiger partial charge in [0, 0.05) is 13.1 Å². The van der Waals surface area contributed by atoms with Gasteiger partial charge in [0.25, 0.3) is 0 Å². The highest BCUT2D eigenvalue weighted by Crippen LogP contribution is 2.32. The molecule has 0 aromatic heterocycles. The molecule has 0 unspecified atom stereocenters. The van der Waals surface area contributed by atoms with E-state index in [9.17, 15) is 4.79 Å². The highest BCUT2D eigenvalue weighted by atomic mass is 16.6. The molecule has 4 heteroatoms. The van der Waals surface area contributed by atoms with Crippen LogP contribution in [-0.2, 0) is 4.74 Å². The van der Waals surface area contributed by atoms with Gasteiger partial charge in [-0.1, -0.05) is 6.92 Å². The number of nitrogens with zero attached hydrogens (tertiary/aromatic N) is 1. The maximum Gasteiger partial charge on any atom is 0.410 e. The molecule has 0 bridgehead atoms. The molecule has 0 aromatic carbocycles. The summed E-state index contributed by atoms with van der Waals surface area (Å²) in [6.07, 6.45) is -0.154. The van der Waals surface area contributed by atoms with Crippen molar-refractivity contribution in [1.82, 2.24) is 10.2 Å². The first-order valence-corrected chi connectivity index (χ1v) is 6.55. The van der Waals surface area contributed by atoms with Crippen molar-refractivity contribution in [2.24, 2.45) is 17.8 Å². The number of amides is 1. The second kappa shape index (κ2) is 4.48. The zero-order valence-electron chi connectivity index (χ0n) is 11.3. The summed E-state index contributed by atoms with van der Waals surface area (Å²) >= 11 is 0. The number of carbonyl (C=O) groups excluding carboxylic acids is 1. The number of rotatable bonds is 0. The Bertz CT molecular complexity index is 298. The fraction of sp³-hybridized carbons (Fsp3) is 0.923. The summed E-state index contributed by atoms with van der Waals surface area (Å²) in [5.41, 5.74) is -0.394. The fourth-order valence-electron chi connectivity index (χ4n) is 2.88. The Morgan fingerprint density at radius 2 is 2.00 bits per heavy atom. The van der Waals surface area contributed by atoms with Gasteiger partial charge in [-0.3, -0.25) is 0 Å². The highest BCUT2D eigenvalue weighted by Gasteiger charge is 2.41. The third-order valence-corrected chi connectivity index (χ3v) is 3.75. The largest absolute Gasteiger partial charge is 0.444 e. The highest BCUT2D eigenvalue weighted by molar-refractivity contribution is 5.68. The monoisotopic (exact) mass is 240 g/mol. The van der Waals surface area contributed by atoms with Crippen molar-refractivity contribution < 1.29 is 9.53 Å². The van der Waals surface area contributed by atoms with Gasteiger partial charge in [0.15, 0.2) is 0 Å². The van der Waals surface area contributed by atoms with Crippen LogP contribution in [0.2, 0.25) is 0 Å². The Morgan fingerprint density at radius 3 is 2.59 bits per heavy atom. The van der Waals surface area contributed by atoms with E-state index in [0.717, 1.165) is 26.2 Å². The first-order chi connectivity index (χ1) is 7.87. The molecule has 0 aliphatic carbocycles. The Labute approximate surface area is 104 Å². The summed E-state index contributed by atoms with van der Waals surface area (Å²) in [4.78, 5) is 13.9.